The Hall–Kier alpha value is -0.520. The van der Waals surface area contributed by atoms with E-state index in [2.05, 4.69) is 15.9 Å². The Morgan fingerprint density at radius 2 is 1.79 bits per heavy atom. The van der Waals surface area contributed by atoms with Gasteiger partial charge in [0, 0.05) is 10.0 Å². The van der Waals surface area contributed by atoms with Crippen LogP contribution in [0.5, 0.6) is 0 Å². The monoisotopic (exact) mass is 265 g/mol. The van der Waals surface area contributed by atoms with E-state index in [4.69, 9.17) is 10.8 Å². The third kappa shape index (κ3) is 2.29. The van der Waals surface area contributed by atoms with Gasteiger partial charge in [-0.1, -0.05) is 15.9 Å². The summed E-state index contributed by atoms with van der Waals surface area (Å²) in [6.07, 6.45) is -1.000. The molecule has 14 heavy (non-hydrogen) atoms. The molecule has 0 aliphatic rings. The smallest absolute Gasteiger partial charge is 0.132 e. The molecule has 2 nitrogen and oxygen atoms in total. The summed E-state index contributed by atoms with van der Waals surface area (Å²) in [4.78, 5) is 0. The molecule has 0 fully saturated rings. The van der Waals surface area contributed by atoms with Gasteiger partial charge in [0.05, 0.1) is 12.1 Å². The second kappa shape index (κ2) is 4.33. The van der Waals surface area contributed by atoms with E-state index in [9.17, 15) is 8.78 Å². The Morgan fingerprint density at radius 1 is 1.36 bits per heavy atom. The van der Waals surface area contributed by atoms with E-state index in [1.54, 1.807) is 0 Å². The minimum Gasteiger partial charge on any atom is -0.391 e. The maximum Gasteiger partial charge on any atom is 0.132 e. The Balaban J connectivity index is 3.20. The zero-order valence-corrected chi connectivity index (χ0v) is 9.05. The lowest BCUT2D eigenvalue weighted by Gasteiger charge is -2.16. The molecule has 0 bridgehead atoms. The minimum absolute atomic E-state index is 0.289. The SMILES string of the molecule is C[C@H](O)[C@@H](N)c1c(F)cc(Br)cc1F. The Morgan fingerprint density at radius 3 is 2.14 bits per heavy atom. The van der Waals surface area contributed by atoms with Gasteiger partial charge < -0.3 is 10.8 Å². The maximum atomic E-state index is 13.3. The van der Waals surface area contributed by atoms with Crippen molar-refractivity contribution in [2.45, 2.75) is 19.1 Å². The lowest BCUT2D eigenvalue weighted by molar-refractivity contribution is 0.160. The van der Waals surface area contributed by atoms with E-state index in [0.29, 0.717) is 4.47 Å². The van der Waals surface area contributed by atoms with Crippen molar-refractivity contribution in [3.05, 3.63) is 33.8 Å². The van der Waals surface area contributed by atoms with Crippen molar-refractivity contribution in [1.82, 2.24) is 0 Å². The van der Waals surface area contributed by atoms with Gasteiger partial charge in [-0.2, -0.15) is 0 Å². The van der Waals surface area contributed by atoms with Crippen LogP contribution >= 0.6 is 15.9 Å². The predicted molar refractivity (Wildman–Crippen MR) is 52.7 cm³/mol. The van der Waals surface area contributed by atoms with Crippen molar-refractivity contribution in [2.24, 2.45) is 5.73 Å². The zero-order valence-electron chi connectivity index (χ0n) is 7.47. The lowest BCUT2D eigenvalue weighted by atomic mass is 10.0. The predicted octanol–water partition coefficient (Wildman–Crippen LogP) is 2.11. The summed E-state index contributed by atoms with van der Waals surface area (Å²) >= 11 is 2.95. The Labute approximate surface area is 88.9 Å². The first-order valence-corrected chi connectivity index (χ1v) is 4.81. The highest BCUT2D eigenvalue weighted by Crippen LogP contribution is 2.25. The number of hydrogen-bond acceptors (Lipinski definition) is 2. The molecule has 0 spiro atoms. The second-order valence-corrected chi connectivity index (χ2v) is 3.97. The average molecular weight is 266 g/mol. The fourth-order valence-corrected chi connectivity index (χ4v) is 1.51. The number of aliphatic hydroxyl groups is 1. The molecule has 0 aliphatic heterocycles. The van der Waals surface area contributed by atoms with Crippen LogP contribution in [0.15, 0.2) is 16.6 Å². The summed E-state index contributed by atoms with van der Waals surface area (Å²) in [5.41, 5.74) is 5.16. The van der Waals surface area contributed by atoms with Crippen LogP contribution in [0.4, 0.5) is 8.78 Å². The molecule has 0 heterocycles. The van der Waals surface area contributed by atoms with Gasteiger partial charge in [-0.3, -0.25) is 0 Å². The maximum absolute atomic E-state index is 13.3. The molecule has 1 aromatic carbocycles. The normalized spacial score (nSPS) is 15.3. The number of rotatable bonds is 2. The molecule has 78 valence electrons. The number of halogens is 3. The molecular weight excluding hydrogens is 256 g/mol. The molecule has 2 atom stereocenters. The van der Waals surface area contributed by atoms with Crippen molar-refractivity contribution in [3.63, 3.8) is 0 Å². The van der Waals surface area contributed by atoms with Gasteiger partial charge >= 0.3 is 0 Å². The average Bonchev–Trinajstić information content (AvgIpc) is 2.01. The van der Waals surface area contributed by atoms with Crippen LogP contribution in [0.2, 0.25) is 0 Å². The van der Waals surface area contributed by atoms with Crippen LogP contribution in [0.1, 0.15) is 18.5 Å². The van der Waals surface area contributed by atoms with E-state index in [1.807, 2.05) is 0 Å². The largest absolute Gasteiger partial charge is 0.391 e. The highest BCUT2D eigenvalue weighted by atomic mass is 79.9. The van der Waals surface area contributed by atoms with E-state index >= 15 is 0 Å². The molecule has 1 rings (SSSR count). The molecule has 0 amide bonds. The van der Waals surface area contributed by atoms with Gasteiger partial charge in [-0.15, -0.1) is 0 Å². The van der Waals surface area contributed by atoms with Gasteiger partial charge in [0.15, 0.2) is 0 Å². The second-order valence-electron chi connectivity index (χ2n) is 3.05. The first-order valence-electron chi connectivity index (χ1n) is 4.01. The van der Waals surface area contributed by atoms with E-state index in [0.717, 1.165) is 12.1 Å². The molecule has 0 saturated heterocycles. The first kappa shape index (κ1) is 11.6. The molecule has 0 saturated carbocycles. The summed E-state index contributed by atoms with van der Waals surface area (Å²) in [6, 6.07) is 1.17. The fourth-order valence-electron chi connectivity index (χ4n) is 1.11. The van der Waals surface area contributed by atoms with Crippen molar-refractivity contribution in [3.8, 4) is 0 Å². The molecule has 0 radical (unpaired) electrons. The van der Waals surface area contributed by atoms with Crippen LogP contribution in [-0.4, -0.2) is 11.2 Å². The first-order chi connectivity index (χ1) is 6.43. The Bertz CT molecular complexity index is 321. The fraction of sp³-hybridized carbons (Fsp3) is 0.333. The summed E-state index contributed by atoms with van der Waals surface area (Å²) in [6.45, 7) is 1.38. The summed E-state index contributed by atoms with van der Waals surface area (Å²) in [5.74, 6) is -1.52. The van der Waals surface area contributed by atoms with Gasteiger partial charge in [-0.25, -0.2) is 8.78 Å². The van der Waals surface area contributed by atoms with E-state index in [1.165, 1.54) is 6.92 Å². The van der Waals surface area contributed by atoms with Gasteiger partial charge in [0.1, 0.15) is 11.6 Å². The molecule has 0 aromatic heterocycles. The highest BCUT2D eigenvalue weighted by molar-refractivity contribution is 9.10. The van der Waals surface area contributed by atoms with Crippen LogP contribution in [0.3, 0.4) is 0 Å². The van der Waals surface area contributed by atoms with Crippen LogP contribution in [0.25, 0.3) is 0 Å². The van der Waals surface area contributed by atoms with Gasteiger partial charge in [0.2, 0.25) is 0 Å². The quantitative estimate of drug-likeness (QED) is 0.861. The molecule has 5 heteroatoms. The molecule has 0 aliphatic carbocycles. The van der Waals surface area contributed by atoms with Crippen molar-refractivity contribution in [1.29, 1.82) is 0 Å². The lowest BCUT2D eigenvalue weighted by Crippen LogP contribution is -2.25. The van der Waals surface area contributed by atoms with Gasteiger partial charge in [-0.05, 0) is 19.1 Å². The standard InChI is InChI=1S/C9H10BrF2NO/c1-4(14)9(13)8-6(11)2-5(10)3-7(8)12/h2-4,9,14H,13H2,1H3/t4-,9+/m0/s1. The van der Waals surface area contributed by atoms with Crippen molar-refractivity contribution >= 4 is 15.9 Å². The minimum atomic E-state index is -1.05. The third-order valence-electron chi connectivity index (χ3n) is 1.90. The summed E-state index contributed by atoms with van der Waals surface area (Å²) in [5, 5.41) is 9.12. The van der Waals surface area contributed by atoms with Crippen LogP contribution < -0.4 is 5.73 Å². The topological polar surface area (TPSA) is 46.2 Å². The van der Waals surface area contributed by atoms with Crippen LogP contribution in [0, 0.1) is 11.6 Å². The number of nitrogens with two attached hydrogens (primary N) is 1. The van der Waals surface area contributed by atoms with Gasteiger partial charge in [0.25, 0.3) is 0 Å². The summed E-state index contributed by atoms with van der Waals surface area (Å²) in [7, 11) is 0. The van der Waals surface area contributed by atoms with Crippen molar-refractivity contribution in [2.75, 3.05) is 0 Å². The van der Waals surface area contributed by atoms with Crippen molar-refractivity contribution < 1.29 is 13.9 Å². The molecule has 0 unspecified atom stereocenters. The van der Waals surface area contributed by atoms with E-state index < -0.39 is 23.8 Å². The molecule has 1 aromatic rings. The van der Waals surface area contributed by atoms with Crippen LogP contribution in [-0.2, 0) is 0 Å². The summed E-state index contributed by atoms with van der Waals surface area (Å²) < 4.78 is 26.8. The Kier molecular flexibility index (Phi) is 3.58. The number of benzene rings is 1. The highest BCUT2D eigenvalue weighted by Gasteiger charge is 2.21. The zero-order chi connectivity index (χ0) is 10.9. The third-order valence-corrected chi connectivity index (χ3v) is 2.35. The molecule has 3 N–H and O–H groups in total. The van der Waals surface area contributed by atoms with E-state index in [-0.39, 0.29) is 5.56 Å². The number of aliphatic hydroxyl groups excluding tert-OH is 1. The number of hydrogen-bond donors (Lipinski definition) is 2. The molecular formula is C9H10BrF2NO.